The number of para-hydroxylation sites is 3. The number of aryl methyl sites for hydroxylation is 1. The summed E-state index contributed by atoms with van der Waals surface area (Å²) in [6.07, 6.45) is 3.97. The van der Waals surface area contributed by atoms with Gasteiger partial charge in [-0.25, -0.2) is 0 Å². The number of imidazole rings is 1. The molecule has 0 aliphatic rings. The first-order valence-corrected chi connectivity index (χ1v) is 25.1. The third kappa shape index (κ3) is 9.43. The SMILES string of the molecule is [2H]C([2H])([2H])c1ccc2c3cc(-c4nc5ccccc5n4-c4c(C(C)C)cccc4C(C)C)[c-]cc3n(-c3ccncc3)c2c1.[2H]C([2H])(c1cc(-c2[c-]cccc2)ncc1[Si](C)(C)C)C(C)(C)C.[Ir]. The predicted molar refractivity (Wildman–Crippen MR) is 265 cm³/mol. The Hall–Kier alpha value is -5.46. The van der Waals surface area contributed by atoms with Crippen molar-refractivity contribution >= 4 is 46.1 Å². The van der Waals surface area contributed by atoms with Crippen LogP contribution in [-0.4, -0.2) is 32.2 Å². The molecular formula is C56H59IrN5Si-2. The maximum atomic E-state index is 8.75. The normalized spacial score (nSPS) is 13.6. The van der Waals surface area contributed by atoms with E-state index < -0.39 is 26.7 Å². The number of rotatable bonds is 8. The van der Waals surface area contributed by atoms with Crippen LogP contribution >= 0.6 is 0 Å². The van der Waals surface area contributed by atoms with E-state index in [1.165, 1.54) is 16.8 Å². The van der Waals surface area contributed by atoms with E-state index in [1.54, 1.807) is 24.5 Å². The van der Waals surface area contributed by atoms with Gasteiger partial charge in [0.05, 0.1) is 24.9 Å². The molecule has 63 heavy (non-hydrogen) atoms. The molecule has 0 amide bonds. The van der Waals surface area contributed by atoms with Gasteiger partial charge in [0.25, 0.3) is 0 Å². The Morgan fingerprint density at radius 1 is 0.730 bits per heavy atom. The Kier molecular flexibility index (Phi) is 11.4. The molecule has 0 aliphatic heterocycles. The third-order valence-corrected chi connectivity index (χ3v) is 13.2. The Morgan fingerprint density at radius 2 is 1.44 bits per heavy atom. The average Bonchev–Trinajstić information content (AvgIpc) is 3.84. The van der Waals surface area contributed by atoms with Gasteiger partial charge < -0.3 is 14.1 Å². The zero-order valence-electron chi connectivity index (χ0n) is 42.9. The van der Waals surface area contributed by atoms with Gasteiger partial charge in [0.15, 0.2) is 0 Å². The molecule has 7 heteroatoms. The molecule has 0 fully saturated rings. The minimum Gasteiger partial charge on any atom is -0.351 e. The summed E-state index contributed by atoms with van der Waals surface area (Å²) in [7, 11) is -1.70. The van der Waals surface area contributed by atoms with Crippen LogP contribution in [0.15, 0.2) is 134 Å². The number of pyridine rings is 2. The standard InChI is InChI=1S/C37H33N4.C19H26NSi.Ir/c1-23(2)28-9-8-10-29(24(3)4)36(28)41-34-12-7-6-11-32(34)39-37(41)26-14-16-33-31(22-26)30-15-13-25(5)21-35(30)40(33)27-17-19-38-20-18-27;1-19(2,3)13-16-12-17(15-10-8-7-9-11-15)20-14-18(16)21(4,5)6;/h6-13,15-24H,1-5H3;7-10,12,14H,13H2,1-6H3;/q2*-1;/i5D3;13D2;. The minimum absolute atomic E-state index is 0. The second kappa shape index (κ2) is 18.3. The summed E-state index contributed by atoms with van der Waals surface area (Å²) >= 11 is 0. The number of fused-ring (bicyclic) bond motifs is 4. The molecule has 0 atom stereocenters. The van der Waals surface area contributed by atoms with Crippen LogP contribution in [-0.2, 0) is 26.5 Å². The zero-order valence-corrected chi connectivity index (χ0v) is 41.3. The van der Waals surface area contributed by atoms with Gasteiger partial charge in [-0.2, -0.15) is 0 Å². The van der Waals surface area contributed by atoms with Crippen LogP contribution in [0.5, 0.6) is 0 Å². The summed E-state index contributed by atoms with van der Waals surface area (Å²) in [6.45, 7) is 19.3. The molecule has 0 spiro atoms. The van der Waals surface area contributed by atoms with Crippen molar-refractivity contribution in [3.8, 4) is 34.0 Å². The average molecular weight is 1030 g/mol. The zero-order chi connectivity index (χ0) is 48.2. The van der Waals surface area contributed by atoms with Gasteiger partial charge in [0.2, 0.25) is 0 Å². The fourth-order valence-corrected chi connectivity index (χ4v) is 9.72. The Bertz CT molecular complexity index is 3210. The van der Waals surface area contributed by atoms with Gasteiger partial charge in [-0.15, -0.1) is 59.7 Å². The van der Waals surface area contributed by atoms with E-state index in [-0.39, 0.29) is 20.1 Å². The summed E-state index contributed by atoms with van der Waals surface area (Å²) in [4.78, 5) is 14.0. The molecule has 0 aliphatic carbocycles. The van der Waals surface area contributed by atoms with E-state index in [1.807, 2.05) is 87.6 Å². The van der Waals surface area contributed by atoms with Crippen LogP contribution in [0.2, 0.25) is 19.6 Å². The van der Waals surface area contributed by atoms with Gasteiger partial charge in [-0.1, -0.05) is 128 Å². The maximum absolute atomic E-state index is 8.75. The van der Waals surface area contributed by atoms with Gasteiger partial charge in [-0.05, 0) is 99.3 Å². The van der Waals surface area contributed by atoms with Crippen molar-refractivity contribution in [3.05, 3.63) is 168 Å². The van der Waals surface area contributed by atoms with Crippen molar-refractivity contribution in [1.29, 1.82) is 0 Å². The van der Waals surface area contributed by atoms with Crippen LogP contribution < -0.4 is 5.19 Å². The van der Waals surface area contributed by atoms with Crippen LogP contribution in [0.3, 0.4) is 0 Å². The van der Waals surface area contributed by atoms with E-state index in [4.69, 9.17) is 11.8 Å². The van der Waals surface area contributed by atoms with E-state index in [2.05, 4.69) is 121 Å². The summed E-state index contributed by atoms with van der Waals surface area (Å²) in [6, 6.07) is 44.8. The van der Waals surface area contributed by atoms with Crippen molar-refractivity contribution in [2.45, 2.75) is 93.2 Å². The molecule has 0 saturated carbocycles. The van der Waals surface area contributed by atoms with Crippen molar-refractivity contribution in [2.75, 3.05) is 0 Å². The number of benzene rings is 5. The molecule has 323 valence electrons. The number of hydrogen-bond acceptors (Lipinski definition) is 3. The fraction of sp³-hybridized carbons (Fsp3) is 0.268. The summed E-state index contributed by atoms with van der Waals surface area (Å²) < 4.78 is 46.1. The second-order valence-corrected chi connectivity index (χ2v) is 23.8. The molecule has 4 aromatic heterocycles. The first-order chi connectivity index (χ1) is 31.6. The molecule has 9 rings (SSSR count). The second-order valence-electron chi connectivity index (χ2n) is 18.8. The summed E-state index contributed by atoms with van der Waals surface area (Å²) in [5, 5.41) is 3.06. The van der Waals surface area contributed by atoms with Gasteiger partial charge in [0, 0.05) is 62.4 Å². The monoisotopic (exact) mass is 1030 g/mol. The largest absolute Gasteiger partial charge is 0.351 e. The molecule has 9 aromatic rings. The van der Waals surface area contributed by atoms with Gasteiger partial charge in [-0.3, -0.25) is 9.97 Å². The van der Waals surface area contributed by atoms with Crippen LogP contribution in [0.4, 0.5) is 0 Å². The molecule has 0 bridgehead atoms. The number of hydrogen-bond donors (Lipinski definition) is 0. The minimum atomic E-state index is -2.21. The van der Waals surface area contributed by atoms with Crippen LogP contribution in [0.25, 0.3) is 66.9 Å². The van der Waals surface area contributed by atoms with Crippen molar-refractivity contribution < 1.29 is 27.0 Å². The first kappa shape index (κ1) is 39.2. The Morgan fingerprint density at radius 3 is 2.10 bits per heavy atom. The molecular weight excluding hydrogens is 963 g/mol. The van der Waals surface area contributed by atoms with E-state index in [0.717, 1.165) is 71.9 Å². The fourth-order valence-electron chi connectivity index (χ4n) is 8.32. The van der Waals surface area contributed by atoms with E-state index in [0.29, 0.717) is 17.4 Å². The smallest absolute Gasteiger partial charge is 0.0798 e. The quantitative estimate of drug-likeness (QED) is 0.113. The Labute approximate surface area is 396 Å². The van der Waals surface area contributed by atoms with Crippen molar-refractivity contribution in [2.24, 2.45) is 5.41 Å². The summed E-state index contributed by atoms with van der Waals surface area (Å²) in [5.74, 6) is 1.46. The summed E-state index contributed by atoms with van der Waals surface area (Å²) in [5.41, 5.74) is 11.5. The van der Waals surface area contributed by atoms with Gasteiger partial charge in [0.1, 0.15) is 0 Å². The molecule has 5 aromatic carbocycles. The third-order valence-electron chi connectivity index (χ3n) is 11.2. The molecule has 0 N–H and O–H groups in total. The number of aromatic nitrogens is 5. The number of nitrogens with zero attached hydrogens (tertiary/aromatic N) is 5. The van der Waals surface area contributed by atoms with Crippen LogP contribution in [0, 0.1) is 24.4 Å². The van der Waals surface area contributed by atoms with Crippen LogP contribution in [0.1, 0.15) is 89.4 Å². The van der Waals surface area contributed by atoms with E-state index >= 15 is 0 Å². The van der Waals surface area contributed by atoms with Gasteiger partial charge >= 0.3 is 0 Å². The van der Waals surface area contributed by atoms with E-state index in [9.17, 15) is 0 Å². The topological polar surface area (TPSA) is 48.5 Å². The predicted octanol–water partition coefficient (Wildman–Crippen LogP) is 14.2. The molecule has 0 saturated heterocycles. The Balaban J connectivity index is 0.000000242. The first-order valence-electron chi connectivity index (χ1n) is 24.1. The molecule has 0 unspecified atom stereocenters. The van der Waals surface area contributed by atoms with Crippen molar-refractivity contribution in [1.82, 2.24) is 24.1 Å². The molecule has 1 radical (unpaired) electrons. The molecule has 4 heterocycles. The molecule has 5 nitrogen and oxygen atoms in total. The maximum Gasteiger partial charge on any atom is 0.0798 e. The van der Waals surface area contributed by atoms with Crippen molar-refractivity contribution in [3.63, 3.8) is 0 Å².